The molecule has 0 bridgehead atoms. The van der Waals surface area contributed by atoms with Crippen LogP contribution in [0.2, 0.25) is 0 Å². The van der Waals surface area contributed by atoms with Crippen LogP contribution in [-0.4, -0.2) is 15.8 Å². The number of para-hydroxylation sites is 4. The van der Waals surface area contributed by atoms with Gasteiger partial charge in [-0.3, -0.25) is 0 Å². The maximum atomic E-state index is 9.80. The van der Waals surface area contributed by atoms with Gasteiger partial charge in [0.1, 0.15) is 22.3 Å². The lowest BCUT2D eigenvalue weighted by Crippen LogP contribution is -2.61. The highest BCUT2D eigenvalue weighted by Gasteiger charge is 2.45. The molecule has 0 saturated heterocycles. The van der Waals surface area contributed by atoms with Crippen molar-refractivity contribution in [3.63, 3.8) is 0 Å². The zero-order valence-electron chi connectivity index (χ0n) is 70.7. The van der Waals surface area contributed by atoms with E-state index < -0.39 is 103 Å². The number of fused-ring (bicyclic) bond motifs is 16. The summed E-state index contributed by atoms with van der Waals surface area (Å²) in [5.41, 5.74) is 15.7. The summed E-state index contributed by atoms with van der Waals surface area (Å²) in [5.74, 6) is 0. The number of aromatic nitrogens is 2. The largest absolute Gasteiger partial charge is 0.456 e. The van der Waals surface area contributed by atoms with Crippen LogP contribution in [0.5, 0.6) is 0 Å². The van der Waals surface area contributed by atoms with Crippen LogP contribution in [0.25, 0.3) is 132 Å². The average Bonchev–Trinajstić information content (AvgIpc) is 1.51. The maximum absolute atomic E-state index is 9.80. The second-order valence-corrected chi connectivity index (χ2v) is 28.0. The number of hydrogen-bond donors (Lipinski definition) is 0. The number of nitrogens with zero attached hydrogens (tertiary/aromatic N) is 4. The summed E-state index contributed by atoms with van der Waals surface area (Å²) in [5, 5.41) is 2.76. The Kier molecular flexibility index (Phi) is 9.26. The van der Waals surface area contributed by atoms with Crippen molar-refractivity contribution in [1.82, 2.24) is 9.13 Å². The zero-order valence-corrected chi connectivity index (χ0v) is 54.7. The number of anilines is 6. The molecule has 0 aliphatic carbocycles. The fourth-order valence-corrected chi connectivity index (χ4v) is 15.6. The number of benzene rings is 14. The van der Waals surface area contributed by atoms with Crippen LogP contribution in [0, 0.1) is 0 Å². The molecular formula is C92H67BN4O2. The Balaban J connectivity index is 0.986. The van der Waals surface area contributed by atoms with Crippen molar-refractivity contribution >= 4 is 145 Å². The Hall–Kier alpha value is -12.1. The summed E-state index contributed by atoms with van der Waals surface area (Å²) >= 11 is 0. The molecule has 6 heterocycles. The summed E-state index contributed by atoms with van der Waals surface area (Å²) < 4.78 is 168. The smallest absolute Gasteiger partial charge is 0.252 e. The monoisotopic (exact) mass is 1290 g/mol. The Morgan fingerprint density at radius 1 is 0.303 bits per heavy atom. The standard InChI is InChI=1S/C92H67BN4O2/c1-91(2,3)62-47-60(48-63(53-62)92(4,5)6)61-51-82-90-83(52-61)97(79-36-22-38-87-89(79)71-50-59(40-46-85(71)99-87)57-25-11-8-12-26-57)81-55-65(95-76-33-19-15-29-68(76)69-30-16-20-34-77(69)95)42-44-73(81)93(90)72-43-41-64(94-74-31-17-13-27-66(74)67-28-14-18-32-75(67)94)54-80(72)96(82)78-35-21-37-86-88(78)70-49-58(39-45-84(70)98-86)56-23-9-7-10-24-56/h7-55H,1-6H3/i13D,14D,15D,16D,17D,18D,19D,20D,27D,28D,29D,30D,31D,32D,33D,34D. The minimum Gasteiger partial charge on any atom is -0.456 e. The summed E-state index contributed by atoms with van der Waals surface area (Å²) in [6.45, 7) is 12.4. The van der Waals surface area contributed by atoms with E-state index in [1.807, 2.05) is 121 Å². The molecule has 4 aromatic heterocycles. The minimum absolute atomic E-state index is 0.0622. The first-order valence-electron chi connectivity index (χ1n) is 41.3. The normalized spacial score (nSPS) is 15.4. The molecule has 6 nitrogen and oxygen atoms in total. The van der Waals surface area contributed by atoms with Crippen molar-refractivity contribution in [2.24, 2.45) is 0 Å². The van der Waals surface area contributed by atoms with Gasteiger partial charge >= 0.3 is 0 Å². The lowest BCUT2D eigenvalue weighted by Gasteiger charge is -2.45. The van der Waals surface area contributed by atoms with Crippen LogP contribution in [0.1, 0.15) is 74.6 Å². The molecule has 2 aliphatic rings. The second kappa shape index (κ2) is 21.2. The Labute approximate surface area is 597 Å². The van der Waals surface area contributed by atoms with Crippen LogP contribution in [-0.2, 0) is 10.8 Å². The molecular weight excluding hydrogens is 1200 g/mol. The lowest BCUT2D eigenvalue weighted by atomic mass is 9.33. The van der Waals surface area contributed by atoms with Gasteiger partial charge in [-0.15, -0.1) is 0 Å². The van der Waals surface area contributed by atoms with Gasteiger partial charge in [0.2, 0.25) is 0 Å². The summed E-state index contributed by atoms with van der Waals surface area (Å²) in [6, 6.07) is 58.9. The molecule has 0 atom stereocenters. The molecule has 470 valence electrons. The molecule has 0 N–H and O–H groups in total. The Morgan fingerprint density at radius 3 is 1.10 bits per heavy atom. The van der Waals surface area contributed by atoms with Gasteiger partial charge in [0.25, 0.3) is 6.71 Å². The third-order valence-electron chi connectivity index (χ3n) is 20.3. The molecule has 20 rings (SSSR count). The van der Waals surface area contributed by atoms with Crippen molar-refractivity contribution < 1.29 is 30.8 Å². The van der Waals surface area contributed by atoms with Crippen molar-refractivity contribution in [2.75, 3.05) is 9.80 Å². The van der Waals surface area contributed by atoms with E-state index in [9.17, 15) is 16.4 Å². The van der Waals surface area contributed by atoms with Crippen molar-refractivity contribution in [1.29, 1.82) is 0 Å². The molecule has 2 aliphatic heterocycles. The van der Waals surface area contributed by atoms with E-state index in [4.69, 9.17) is 14.3 Å². The van der Waals surface area contributed by atoms with Gasteiger partial charge in [0, 0.05) is 66.4 Å². The van der Waals surface area contributed by atoms with Gasteiger partial charge in [-0.25, -0.2) is 0 Å². The first-order chi connectivity index (χ1) is 55.0. The first kappa shape index (κ1) is 43.2. The highest BCUT2D eigenvalue weighted by molar-refractivity contribution is 7.00. The quantitative estimate of drug-likeness (QED) is 0.149. The molecule has 99 heavy (non-hydrogen) atoms. The molecule has 0 radical (unpaired) electrons. The molecule has 7 heteroatoms. The van der Waals surface area contributed by atoms with E-state index in [0.717, 1.165) is 71.5 Å². The number of furan rings is 2. The molecule has 0 spiro atoms. The highest BCUT2D eigenvalue weighted by atomic mass is 16.3. The summed E-state index contributed by atoms with van der Waals surface area (Å²) in [6.07, 6.45) is 0. The average molecular weight is 1290 g/mol. The van der Waals surface area contributed by atoms with Crippen LogP contribution in [0.4, 0.5) is 34.1 Å². The van der Waals surface area contributed by atoms with Crippen molar-refractivity contribution in [3.8, 4) is 44.8 Å². The van der Waals surface area contributed by atoms with Gasteiger partial charge in [-0.05, 0) is 181 Å². The molecule has 0 amide bonds. The van der Waals surface area contributed by atoms with Crippen LogP contribution in [0.15, 0.2) is 306 Å². The SMILES string of the molecule is [2H]c1c([2H])c([2H])c2c(c1[2H])c1c([2H])c([2H])c([2H])c([2H])c1n2-c1ccc2c(c1)N(c1cccc3oc4ccc(-c5ccccc5)cc4c13)c1cc(-c3cc(C(C)(C)C)cc(C(C)(C)C)c3)cc3c1B2c1ccc(-n2c4c([2H])c([2H])c([2H])c([2H])c4c4c([2H])c([2H])c([2H])c([2H])c42)cc1N3c1cccc2oc3ccc(-c4ccccc4)cc3c12. The van der Waals surface area contributed by atoms with Crippen LogP contribution < -0.4 is 26.2 Å². The molecule has 0 saturated carbocycles. The van der Waals surface area contributed by atoms with E-state index >= 15 is 0 Å². The fourth-order valence-electron chi connectivity index (χ4n) is 15.6. The van der Waals surface area contributed by atoms with E-state index in [-0.39, 0.29) is 54.4 Å². The molecule has 14 aromatic carbocycles. The predicted octanol–water partition coefficient (Wildman–Crippen LogP) is 23.4. The third-order valence-corrected chi connectivity index (χ3v) is 20.3. The van der Waals surface area contributed by atoms with Crippen molar-refractivity contribution in [3.05, 3.63) is 308 Å². The minimum atomic E-state index is -0.777. The van der Waals surface area contributed by atoms with Crippen molar-refractivity contribution in [2.45, 2.75) is 52.4 Å². The van der Waals surface area contributed by atoms with Crippen LogP contribution in [0.3, 0.4) is 0 Å². The molecule has 18 aromatic rings. The van der Waals surface area contributed by atoms with Gasteiger partial charge in [-0.1, -0.05) is 229 Å². The highest BCUT2D eigenvalue weighted by Crippen LogP contribution is 2.53. The number of hydrogen-bond acceptors (Lipinski definition) is 4. The van der Waals surface area contributed by atoms with E-state index in [1.54, 1.807) is 9.13 Å². The summed E-state index contributed by atoms with van der Waals surface area (Å²) in [4.78, 5) is 4.47. The molecule has 0 fully saturated rings. The van der Waals surface area contributed by atoms with E-state index in [2.05, 4.69) is 130 Å². The van der Waals surface area contributed by atoms with E-state index in [0.29, 0.717) is 78.8 Å². The second-order valence-electron chi connectivity index (χ2n) is 28.0. The Morgan fingerprint density at radius 2 is 0.697 bits per heavy atom. The number of rotatable bonds is 7. The summed E-state index contributed by atoms with van der Waals surface area (Å²) in [7, 11) is 0. The Bertz CT molecular complexity index is 6840. The zero-order chi connectivity index (χ0) is 80.1. The van der Waals surface area contributed by atoms with Gasteiger partial charge in [0.15, 0.2) is 0 Å². The first-order valence-corrected chi connectivity index (χ1v) is 33.3. The van der Waals surface area contributed by atoms with Crippen LogP contribution >= 0.6 is 0 Å². The third kappa shape index (κ3) is 8.69. The lowest BCUT2D eigenvalue weighted by molar-refractivity contribution is 0.569. The topological polar surface area (TPSA) is 42.6 Å². The van der Waals surface area contributed by atoms with E-state index in [1.165, 1.54) is 0 Å². The predicted molar refractivity (Wildman–Crippen MR) is 417 cm³/mol. The fraction of sp³-hybridized carbons (Fsp3) is 0.0870. The van der Waals surface area contributed by atoms with Gasteiger partial charge < -0.3 is 27.8 Å². The van der Waals surface area contributed by atoms with Gasteiger partial charge in [0.05, 0.1) is 66.1 Å². The molecule has 0 unspecified atom stereocenters. The maximum Gasteiger partial charge on any atom is 0.252 e. The van der Waals surface area contributed by atoms with Gasteiger partial charge in [-0.2, -0.15) is 0 Å².